The van der Waals surface area contributed by atoms with Crippen LogP contribution in [0.5, 0.6) is 5.75 Å². The number of aryl methyl sites for hydroxylation is 1. The van der Waals surface area contributed by atoms with Gasteiger partial charge in [0.2, 0.25) is 5.91 Å². The highest BCUT2D eigenvalue weighted by Gasteiger charge is 2.32. The number of nitrogens with zero attached hydrogens (tertiary/aromatic N) is 1. The number of benzene rings is 3. The Morgan fingerprint density at radius 3 is 2.48 bits per heavy atom. The molecule has 0 spiro atoms. The van der Waals surface area contributed by atoms with Crippen molar-refractivity contribution in [3.63, 3.8) is 0 Å². The molecule has 33 heavy (non-hydrogen) atoms. The Labute approximate surface area is 197 Å². The third-order valence-corrected chi connectivity index (χ3v) is 6.53. The summed E-state index contributed by atoms with van der Waals surface area (Å²) in [4.78, 5) is 15.6. The number of hydrogen-bond acceptors (Lipinski definition) is 3. The van der Waals surface area contributed by atoms with Gasteiger partial charge in [-0.2, -0.15) is 0 Å². The monoisotopic (exact) mass is 442 g/mol. The van der Waals surface area contributed by atoms with Crippen LogP contribution in [-0.2, 0) is 17.8 Å². The Morgan fingerprint density at radius 2 is 1.76 bits per heavy atom. The van der Waals surface area contributed by atoms with Crippen LogP contribution in [0.2, 0.25) is 0 Å². The average molecular weight is 443 g/mol. The van der Waals surface area contributed by atoms with Gasteiger partial charge >= 0.3 is 0 Å². The van der Waals surface area contributed by atoms with Gasteiger partial charge in [-0.3, -0.25) is 9.69 Å². The van der Waals surface area contributed by atoms with Gasteiger partial charge in [0.05, 0.1) is 13.0 Å². The van der Waals surface area contributed by atoms with Crippen LogP contribution >= 0.6 is 0 Å². The van der Waals surface area contributed by atoms with Crippen LogP contribution in [0, 0.1) is 12.8 Å². The molecule has 4 nitrogen and oxygen atoms in total. The van der Waals surface area contributed by atoms with Gasteiger partial charge < -0.3 is 10.1 Å². The second-order valence-electron chi connectivity index (χ2n) is 9.11. The molecule has 1 heterocycles. The van der Waals surface area contributed by atoms with Gasteiger partial charge in [0.25, 0.3) is 0 Å². The van der Waals surface area contributed by atoms with Crippen LogP contribution < -0.4 is 10.1 Å². The third kappa shape index (κ3) is 6.45. The lowest BCUT2D eigenvalue weighted by Gasteiger charge is -2.37. The molecule has 0 unspecified atom stereocenters. The standard InChI is InChI=1S/C29H34N2O2/c1-22-7-6-10-25(17-22)26-18-27(21-31(20-26)19-24-8-4-3-5-9-24)29(32)30-16-15-23-11-13-28(33-2)14-12-23/h3-14,17,26-27H,15-16,18-21H2,1-2H3,(H,30,32)/t26-,27+/m0/s1. The molecule has 0 aromatic heterocycles. The van der Waals surface area contributed by atoms with E-state index in [9.17, 15) is 4.79 Å². The minimum absolute atomic E-state index is 0.0103. The van der Waals surface area contributed by atoms with E-state index in [4.69, 9.17) is 4.74 Å². The number of piperidine rings is 1. The van der Waals surface area contributed by atoms with Crippen molar-refractivity contribution in [2.24, 2.45) is 5.92 Å². The highest BCUT2D eigenvalue weighted by Crippen LogP contribution is 2.31. The van der Waals surface area contributed by atoms with Crippen molar-refractivity contribution in [1.29, 1.82) is 0 Å². The Bertz CT molecular complexity index is 1030. The van der Waals surface area contributed by atoms with Crippen LogP contribution in [0.4, 0.5) is 0 Å². The van der Waals surface area contributed by atoms with Crippen molar-refractivity contribution in [1.82, 2.24) is 10.2 Å². The number of rotatable bonds is 8. The molecular weight excluding hydrogens is 408 g/mol. The molecule has 1 saturated heterocycles. The number of carbonyl (C=O) groups is 1. The fourth-order valence-corrected chi connectivity index (χ4v) is 4.78. The normalized spacial score (nSPS) is 18.6. The van der Waals surface area contributed by atoms with E-state index in [1.165, 1.54) is 22.3 Å². The van der Waals surface area contributed by atoms with Crippen molar-refractivity contribution < 1.29 is 9.53 Å². The van der Waals surface area contributed by atoms with E-state index in [2.05, 4.69) is 77.8 Å². The molecule has 3 aromatic carbocycles. The van der Waals surface area contributed by atoms with Crippen molar-refractivity contribution in [3.8, 4) is 5.75 Å². The number of methoxy groups -OCH3 is 1. The summed E-state index contributed by atoms with van der Waals surface area (Å²) in [5.41, 5.74) is 5.10. The van der Waals surface area contributed by atoms with Crippen LogP contribution in [0.1, 0.15) is 34.6 Å². The minimum atomic E-state index is -0.0103. The van der Waals surface area contributed by atoms with E-state index in [0.717, 1.165) is 38.2 Å². The second-order valence-corrected chi connectivity index (χ2v) is 9.11. The maximum Gasteiger partial charge on any atom is 0.224 e. The Kier molecular flexibility index (Phi) is 7.79. The maximum absolute atomic E-state index is 13.2. The number of nitrogens with one attached hydrogen (secondary N) is 1. The van der Waals surface area contributed by atoms with Crippen molar-refractivity contribution in [2.45, 2.75) is 32.2 Å². The molecule has 1 fully saturated rings. The van der Waals surface area contributed by atoms with Crippen LogP contribution in [0.3, 0.4) is 0 Å². The molecule has 0 aliphatic carbocycles. The zero-order valence-corrected chi connectivity index (χ0v) is 19.7. The molecule has 1 amide bonds. The summed E-state index contributed by atoms with van der Waals surface area (Å²) in [6.07, 6.45) is 1.71. The Hall–Kier alpha value is -3.11. The fourth-order valence-electron chi connectivity index (χ4n) is 4.78. The number of hydrogen-bond donors (Lipinski definition) is 1. The van der Waals surface area contributed by atoms with Crippen molar-refractivity contribution in [2.75, 3.05) is 26.7 Å². The van der Waals surface area contributed by atoms with Gasteiger partial charge in [0.1, 0.15) is 5.75 Å². The molecule has 1 aliphatic heterocycles. The number of carbonyl (C=O) groups excluding carboxylic acids is 1. The first-order chi connectivity index (χ1) is 16.1. The minimum Gasteiger partial charge on any atom is -0.497 e. The van der Waals surface area contributed by atoms with E-state index in [0.29, 0.717) is 12.5 Å². The number of ether oxygens (including phenoxy) is 1. The predicted molar refractivity (Wildman–Crippen MR) is 133 cm³/mol. The summed E-state index contributed by atoms with van der Waals surface area (Å²) in [6, 6.07) is 27.3. The second kappa shape index (κ2) is 11.2. The van der Waals surface area contributed by atoms with Crippen molar-refractivity contribution in [3.05, 3.63) is 101 Å². The molecule has 2 atom stereocenters. The summed E-state index contributed by atoms with van der Waals surface area (Å²) in [5.74, 6) is 1.37. The van der Waals surface area contributed by atoms with Crippen LogP contribution in [0.15, 0.2) is 78.9 Å². The first kappa shape index (κ1) is 23.1. The topological polar surface area (TPSA) is 41.6 Å². The SMILES string of the molecule is COc1ccc(CCNC(=O)[C@@H]2C[C@H](c3cccc(C)c3)CN(Cc3ccccc3)C2)cc1. The smallest absolute Gasteiger partial charge is 0.224 e. The van der Waals surface area contributed by atoms with E-state index in [1.54, 1.807) is 7.11 Å². The summed E-state index contributed by atoms with van der Waals surface area (Å²) in [6.45, 7) is 5.44. The highest BCUT2D eigenvalue weighted by atomic mass is 16.5. The Morgan fingerprint density at radius 1 is 0.970 bits per heavy atom. The maximum atomic E-state index is 13.2. The molecular formula is C29H34N2O2. The van der Waals surface area contributed by atoms with Crippen LogP contribution in [-0.4, -0.2) is 37.6 Å². The van der Waals surface area contributed by atoms with Gasteiger partial charge in [0, 0.05) is 26.2 Å². The van der Waals surface area contributed by atoms with Gasteiger partial charge in [-0.05, 0) is 54.5 Å². The van der Waals surface area contributed by atoms with Gasteiger partial charge in [0.15, 0.2) is 0 Å². The molecule has 0 bridgehead atoms. The fraction of sp³-hybridized carbons (Fsp3) is 0.345. The molecule has 0 radical (unpaired) electrons. The summed E-state index contributed by atoms with van der Waals surface area (Å²) in [5, 5.41) is 3.20. The third-order valence-electron chi connectivity index (χ3n) is 6.53. The zero-order valence-electron chi connectivity index (χ0n) is 19.7. The van der Waals surface area contributed by atoms with E-state index >= 15 is 0 Å². The summed E-state index contributed by atoms with van der Waals surface area (Å²) >= 11 is 0. The summed E-state index contributed by atoms with van der Waals surface area (Å²) in [7, 11) is 1.67. The molecule has 172 valence electrons. The number of likely N-dealkylation sites (tertiary alicyclic amines) is 1. The first-order valence-electron chi connectivity index (χ1n) is 11.8. The highest BCUT2D eigenvalue weighted by molar-refractivity contribution is 5.79. The quantitative estimate of drug-likeness (QED) is 0.536. The molecule has 4 rings (SSSR count). The van der Waals surface area contributed by atoms with E-state index in [-0.39, 0.29) is 11.8 Å². The molecule has 3 aromatic rings. The first-order valence-corrected chi connectivity index (χ1v) is 11.8. The van der Waals surface area contributed by atoms with Gasteiger partial charge in [-0.1, -0.05) is 72.3 Å². The predicted octanol–water partition coefficient (Wildman–Crippen LogP) is 4.97. The van der Waals surface area contributed by atoms with Crippen molar-refractivity contribution >= 4 is 5.91 Å². The zero-order chi connectivity index (χ0) is 23.0. The lowest BCUT2D eigenvalue weighted by atomic mass is 9.83. The van der Waals surface area contributed by atoms with Gasteiger partial charge in [-0.25, -0.2) is 0 Å². The molecule has 0 saturated carbocycles. The molecule has 4 heteroatoms. The lowest BCUT2D eigenvalue weighted by Crippen LogP contribution is -2.45. The van der Waals surface area contributed by atoms with E-state index < -0.39 is 0 Å². The van der Waals surface area contributed by atoms with Crippen LogP contribution in [0.25, 0.3) is 0 Å². The van der Waals surface area contributed by atoms with E-state index in [1.807, 2.05) is 18.2 Å². The average Bonchev–Trinajstić information content (AvgIpc) is 2.85. The summed E-state index contributed by atoms with van der Waals surface area (Å²) < 4.78 is 5.22. The lowest BCUT2D eigenvalue weighted by molar-refractivity contribution is -0.127. The molecule has 1 N–H and O–H groups in total. The largest absolute Gasteiger partial charge is 0.497 e. The van der Waals surface area contributed by atoms with Gasteiger partial charge in [-0.15, -0.1) is 0 Å². The number of amides is 1. The molecule has 1 aliphatic rings. The Balaban J connectivity index is 1.41.